The molecule has 2 nitrogen and oxygen atoms in total. The Kier molecular flexibility index (Phi) is 6.80. The van der Waals surface area contributed by atoms with E-state index < -0.39 is 0 Å². The molecule has 0 aromatic heterocycles. The van der Waals surface area contributed by atoms with E-state index in [2.05, 4.69) is 113 Å². The molecule has 7 unspecified atom stereocenters. The average molecular weight is 569 g/mol. The molecule has 0 amide bonds. The topological polar surface area (TPSA) is 18.5 Å². The third-order valence-electron chi connectivity index (χ3n) is 11.4. The van der Waals surface area contributed by atoms with Gasteiger partial charge >= 0.3 is 0 Å². The third-order valence-corrected chi connectivity index (χ3v) is 11.4. The molecule has 0 aliphatic heterocycles. The minimum atomic E-state index is -0.381. The van der Waals surface area contributed by atoms with Crippen LogP contribution in [-0.4, -0.2) is 12.4 Å². The maximum absolute atomic E-state index is 7.12. The number of fused-ring (bicyclic) bond motifs is 8. The van der Waals surface area contributed by atoms with Crippen molar-refractivity contribution in [3.8, 4) is 16.9 Å². The van der Waals surface area contributed by atoms with Crippen molar-refractivity contribution >= 4 is 10.8 Å². The number of benzene rings is 3. The zero-order valence-corrected chi connectivity index (χ0v) is 26.1. The lowest BCUT2D eigenvalue weighted by atomic mass is 9.46. The van der Waals surface area contributed by atoms with Crippen molar-refractivity contribution in [1.29, 1.82) is 0 Å². The van der Waals surface area contributed by atoms with Crippen molar-refractivity contribution in [3.05, 3.63) is 102 Å². The summed E-state index contributed by atoms with van der Waals surface area (Å²) in [6.45, 7) is 9.26. The fraction of sp³-hybridized carbons (Fsp3) is 0.463. The number of rotatable bonds is 9. The Hall–Kier alpha value is -3.28. The van der Waals surface area contributed by atoms with Crippen LogP contribution < -0.4 is 4.74 Å². The fourth-order valence-electron chi connectivity index (χ4n) is 9.36. The Bertz CT molecular complexity index is 1590. The second-order valence-corrected chi connectivity index (χ2v) is 14.6. The van der Waals surface area contributed by atoms with Gasteiger partial charge in [-0.1, -0.05) is 101 Å². The molecule has 0 radical (unpaired) electrons. The second kappa shape index (κ2) is 10.7. The maximum Gasteiger partial charge on any atom is 0.211 e. The molecule has 0 spiro atoms. The fourth-order valence-corrected chi connectivity index (χ4v) is 9.36. The van der Waals surface area contributed by atoms with Gasteiger partial charge in [0, 0.05) is 10.9 Å². The number of hydrogen-bond acceptors (Lipinski definition) is 2. The highest BCUT2D eigenvalue weighted by molar-refractivity contribution is 5.83. The predicted octanol–water partition coefficient (Wildman–Crippen LogP) is 10.2. The molecule has 8 rings (SSSR count). The van der Waals surface area contributed by atoms with Gasteiger partial charge in [-0.25, -0.2) is 0 Å². The zero-order valence-electron chi connectivity index (χ0n) is 26.1. The van der Waals surface area contributed by atoms with Gasteiger partial charge in [0.1, 0.15) is 5.75 Å². The summed E-state index contributed by atoms with van der Waals surface area (Å²) in [6.07, 6.45) is 6.50. The van der Waals surface area contributed by atoms with Gasteiger partial charge in [-0.3, -0.25) is 0 Å². The first kappa shape index (κ1) is 27.3. The minimum Gasteiger partial charge on any atom is -0.464 e. The Morgan fingerprint density at radius 3 is 2.23 bits per heavy atom. The van der Waals surface area contributed by atoms with Crippen LogP contribution in [0.25, 0.3) is 21.9 Å². The molecular weight excluding hydrogens is 524 g/mol. The normalized spacial score (nSPS) is 26.6. The maximum atomic E-state index is 7.12. The van der Waals surface area contributed by atoms with Crippen molar-refractivity contribution in [2.45, 2.75) is 84.0 Å². The van der Waals surface area contributed by atoms with Crippen molar-refractivity contribution in [2.24, 2.45) is 35.5 Å². The molecule has 4 aromatic rings. The Morgan fingerprint density at radius 1 is 0.791 bits per heavy atom. The SMILES string of the molecule is CC(C)CC(c1c#cc2cc(OC(OC3CC4C5CCCC5C34)C3c4ccccc4-c4ccccc43)ccc2c1)C(C)C. The molecule has 3 saturated carbocycles. The molecule has 43 heavy (non-hydrogen) atoms. The van der Waals surface area contributed by atoms with Gasteiger partial charge in [0.25, 0.3) is 0 Å². The number of ether oxygens (including phenoxy) is 2. The molecule has 0 N–H and O–H groups in total. The van der Waals surface area contributed by atoms with E-state index in [1.807, 2.05) is 0 Å². The quantitative estimate of drug-likeness (QED) is 0.187. The Balaban J connectivity index is 1.12. The van der Waals surface area contributed by atoms with E-state index in [1.165, 1.54) is 65.3 Å². The molecule has 220 valence electrons. The standard InChI is InChI=1S/C41H44O2/c1-24(2)20-36(25(3)4)28-17-16-27-22-29(19-18-26(27)21-28)42-41(43-38-23-37-32-14-9-15-33(32)39(37)38)40-34-12-7-5-10-30(34)31-11-6-8-13-35(31)40/h5-8,10-13,18-19,21-22,24-25,32-33,36-41H,9,14-15,20,23H2,1-4H3. The van der Waals surface area contributed by atoms with E-state index in [0.717, 1.165) is 34.8 Å². The van der Waals surface area contributed by atoms with Crippen LogP contribution in [-0.2, 0) is 4.74 Å². The lowest BCUT2D eigenvalue weighted by Crippen LogP contribution is -2.61. The van der Waals surface area contributed by atoms with E-state index in [9.17, 15) is 0 Å². The first-order valence-corrected chi connectivity index (χ1v) is 16.8. The van der Waals surface area contributed by atoms with Crippen LogP contribution in [0.15, 0.2) is 72.8 Å². The average Bonchev–Trinajstić information content (AvgIpc) is 3.55. The van der Waals surface area contributed by atoms with Crippen molar-refractivity contribution in [2.75, 3.05) is 0 Å². The monoisotopic (exact) mass is 568 g/mol. The van der Waals surface area contributed by atoms with E-state index in [-0.39, 0.29) is 12.2 Å². The van der Waals surface area contributed by atoms with E-state index in [0.29, 0.717) is 23.9 Å². The van der Waals surface area contributed by atoms with Crippen LogP contribution in [0.1, 0.15) is 88.3 Å². The third kappa shape index (κ3) is 4.58. The van der Waals surface area contributed by atoms with Crippen LogP contribution in [0.5, 0.6) is 5.75 Å². The van der Waals surface area contributed by atoms with Crippen LogP contribution in [0.3, 0.4) is 0 Å². The number of hydrogen-bond donors (Lipinski definition) is 0. The van der Waals surface area contributed by atoms with E-state index in [1.54, 1.807) is 0 Å². The lowest BCUT2D eigenvalue weighted by Gasteiger charge is -2.61. The molecule has 2 heteroatoms. The second-order valence-electron chi connectivity index (χ2n) is 14.6. The summed E-state index contributed by atoms with van der Waals surface area (Å²) in [5.74, 6) is 6.06. The molecule has 4 aromatic carbocycles. The molecule has 0 heterocycles. The van der Waals surface area contributed by atoms with Crippen LogP contribution in [0.4, 0.5) is 0 Å². The van der Waals surface area contributed by atoms with Crippen molar-refractivity contribution in [1.82, 2.24) is 0 Å². The Labute approximate surface area is 257 Å². The van der Waals surface area contributed by atoms with Gasteiger partial charge in [-0.05, 0) is 113 Å². The van der Waals surface area contributed by atoms with Gasteiger partial charge in [0.05, 0.1) is 12.0 Å². The summed E-state index contributed by atoms with van der Waals surface area (Å²) in [6, 6.07) is 33.5. The van der Waals surface area contributed by atoms with Crippen LogP contribution in [0.2, 0.25) is 0 Å². The van der Waals surface area contributed by atoms with Gasteiger partial charge < -0.3 is 9.47 Å². The molecule has 4 aliphatic rings. The highest BCUT2D eigenvalue weighted by Gasteiger charge is 2.62. The summed E-state index contributed by atoms with van der Waals surface area (Å²) >= 11 is 0. The Morgan fingerprint density at radius 2 is 1.51 bits per heavy atom. The smallest absolute Gasteiger partial charge is 0.211 e. The molecule has 0 bridgehead atoms. The predicted molar refractivity (Wildman–Crippen MR) is 174 cm³/mol. The van der Waals surface area contributed by atoms with Crippen LogP contribution >= 0.6 is 0 Å². The summed E-state index contributed by atoms with van der Waals surface area (Å²) in [5.41, 5.74) is 6.51. The van der Waals surface area contributed by atoms with Crippen molar-refractivity contribution < 1.29 is 9.47 Å². The first-order chi connectivity index (χ1) is 21.0. The summed E-state index contributed by atoms with van der Waals surface area (Å²) < 4.78 is 14.1. The van der Waals surface area contributed by atoms with Gasteiger partial charge in [0.2, 0.25) is 6.29 Å². The highest BCUT2D eigenvalue weighted by Crippen LogP contribution is 2.65. The molecule has 4 aliphatic carbocycles. The van der Waals surface area contributed by atoms with Crippen LogP contribution in [0, 0.1) is 47.6 Å². The van der Waals surface area contributed by atoms with E-state index in [4.69, 9.17) is 9.47 Å². The summed E-state index contributed by atoms with van der Waals surface area (Å²) in [4.78, 5) is 0. The molecule has 3 fully saturated rings. The summed E-state index contributed by atoms with van der Waals surface area (Å²) in [5, 5.41) is 2.25. The minimum absolute atomic E-state index is 0.0438. The molecule has 0 saturated heterocycles. The van der Waals surface area contributed by atoms with Gasteiger partial charge in [-0.2, -0.15) is 0 Å². The highest BCUT2D eigenvalue weighted by atomic mass is 16.7. The molecular formula is C41H44O2. The van der Waals surface area contributed by atoms with Gasteiger partial charge in [0.15, 0.2) is 0 Å². The molecule has 7 atom stereocenters. The first-order valence-electron chi connectivity index (χ1n) is 16.8. The van der Waals surface area contributed by atoms with Crippen molar-refractivity contribution in [3.63, 3.8) is 0 Å². The zero-order chi connectivity index (χ0) is 29.2. The summed E-state index contributed by atoms with van der Waals surface area (Å²) in [7, 11) is 0. The lowest BCUT2D eigenvalue weighted by molar-refractivity contribution is -0.249. The van der Waals surface area contributed by atoms with E-state index >= 15 is 0 Å². The largest absolute Gasteiger partial charge is 0.464 e. The van der Waals surface area contributed by atoms with Gasteiger partial charge in [-0.15, -0.1) is 0 Å².